The maximum Gasteiger partial charge on any atom is 0.315 e. The summed E-state index contributed by atoms with van der Waals surface area (Å²) in [7, 11) is 2.18. The summed E-state index contributed by atoms with van der Waals surface area (Å²) in [6.07, 6.45) is 6.62. The second-order valence-corrected chi connectivity index (χ2v) is 17.9. The summed E-state index contributed by atoms with van der Waals surface area (Å²) in [5.41, 5.74) is 7.40. The van der Waals surface area contributed by atoms with E-state index >= 15 is 0 Å². The average Bonchev–Trinajstić information content (AvgIpc) is 3.22. The van der Waals surface area contributed by atoms with Gasteiger partial charge in [-0.1, -0.05) is 104 Å². The molecule has 0 aromatic heterocycles. The number of aliphatic hydroxyl groups excluding tert-OH is 1. The normalized spacial score (nSPS) is 28.4. The largest absolute Gasteiger partial charge is 0.392 e. The molecule has 0 radical (unpaired) electrons. The predicted molar refractivity (Wildman–Crippen MR) is 226 cm³/mol. The molecule has 10 rings (SSSR count). The summed E-state index contributed by atoms with van der Waals surface area (Å²) in [6, 6.07) is 40.4. The molecule has 3 N–H and O–H groups in total. The van der Waals surface area contributed by atoms with Gasteiger partial charge >= 0.3 is 6.03 Å². The van der Waals surface area contributed by atoms with Gasteiger partial charge in [-0.15, -0.1) is 0 Å². The first-order chi connectivity index (χ1) is 27.7. The van der Waals surface area contributed by atoms with Gasteiger partial charge in [-0.2, -0.15) is 0 Å². The van der Waals surface area contributed by atoms with Crippen LogP contribution in [0.5, 0.6) is 0 Å². The van der Waals surface area contributed by atoms with Crippen molar-refractivity contribution in [1.82, 2.24) is 15.5 Å². The Morgan fingerprint density at radius 1 is 0.772 bits per heavy atom. The van der Waals surface area contributed by atoms with Gasteiger partial charge in [0.25, 0.3) is 0 Å². The van der Waals surface area contributed by atoms with Crippen LogP contribution >= 0.6 is 0 Å². The van der Waals surface area contributed by atoms with E-state index in [1.165, 1.54) is 35.6 Å². The lowest BCUT2D eigenvalue weighted by Crippen LogP contribution is -2.61. The third-order valence-electron chi connectivity index (χ3n) is 13.8. The summed E-state index contributed by atoms with van der Waals surface area (Å²) in [6.45, 7) is 5.69. The Balaban J connectivity index is 0.911. The summed E-state index contributed by atoms with van der Waals surface area (Å²) in [5, 5.41) is 18.9. The lowest BCUT2D eigenvalue weighted by molar-refractivity contribution is -0.276. The molecule has 1 heterocycles. The van der Waals surface area contributed by atoms with Crippen molar-refractivity contribution in [3.8, 4) is 11.1 Å². The van der Waals surface area contributed by atoms with Gasteiger partial charge in [-0.05, 0) is 133 Å². The molecule has 5 aromatic rings. The van der Waals surface area contributed by atoms with Gasteiger partial charge in [-0.3, -0.25) is 4.90 Å². The third-order valence-corrected chi connectivity index (χ3v) is 13.8. The zero-order valence-corrected chi connectivity index (χ0v) is 33.6. The standard InChI is InChI=1S/C50H57N3O4/c1-32-46(30-53(3)33(2)41-19-18-39-9-4-5-10-43(39)24-41)56-48(57-47(32)40-16-14-34(31-54)15-17-40)45-13-7-12-44(25-45)42-11-6-8-35(23-42)29-51-49(55)52-50-26-36-20-37(27-50)22-38(21-36)28-50/h4-19,23-25,32-33,36-38,46-48,54H,20-22,26-31H2,1-3H3,(H2,51,52,55)/t32-,33+,36?,37?,38?,46+,47+,48+,50?/m0/s1. The van der Waals surface area contributed by atoms with Crippen LogP contribution < -0.4 is 10.6 Å². The van der Waals surface area contributed by atoms with E-state index in [1.54, 1.807) is 0 Å². The second kappa shape index (κ2) is 16.0. The molecule has 4 bridgehead atoms. The van der Waals surface area contributed by atoms with Crippen molar-refractivity contribution in [1.29, 1.82) is 0 Å². The van der Waals surface area contributed by atoms with Crippen LogP contribution in [0.2, 0.25) is 0 Å². The Hall–Kier alpha value is -4.53. The highest BCUT2D eigenvalue weighted by molar-refractivity contribution is 5.83. The lowest BCUT2D eigenvalue weighted by atomic mass is 9.53. The Morgan fingerprint density at radius 2 is 1.46 bits per heavy atom. The highest BCUT2D eigenvalue weighted by Crippen LogP contribution is 2.55. The summed E-state index contributed by atoms with van der Waals surface area (Å²) < 4.78 is 13.8. The van der Waals surface area contributed by atoms with Crippen LogP contribution in [0.25, 0.3) is 21.9 Å². The molecule has 5 atom stereocenters. The monoisotopic (exact) mass is 763 g/mol. The van der Waals surface area contributed by atoms with Crippen LogP contribution in [0.4, 0.5) is 4.79 Å². The van der Waals surface area contributed by atoms with E-state index in [9.17, 15) is 9.90 Å². The number of rotatable bonds is 11. The van der Waals surface area contributed by atoms with Crippen LogP contribution in [0.1, 0.15) is 98.6 Å². The van der Waals surface area contributed by atoms with E-state index in [4.69, 9.17) is 9.47 Å². The number of hydrogen-bond donors (Lipinski definition) is 3. The zero-order chi connectivity index (χ0) is 39.1. The number of fused-ring (bicyclic) bond motifs is 1. The molecule has 5 fully saturated rings. The number of urea groups is 1. The predicted octanol–water partition coefficient (Wildman–Crippen LogP) is 10.3. The van der Waals surface area contributed by atoms with Crippen molar-refractivity contribution in [2.75, 3.05) is 13.6 Å². The van der Waals surface area contributed by atoms with Crippen molar-refractivity contribution in [3.63, 3.8) is 0 Å². The van der Waals surface area contributed by atoms with E-state index in [2.05, 4.69) is 140 Å². The van der Waals surface area contributed by atoms with E-state index in [0.717, 1.165) is 76.9 Å². The molecule has 2 amide bonds. The number of amides is 2. The van der Waals surface area contributed by atoms with Crippen molar-refractivity contribution in [2.45, 2.75) is 95.6 Å². The first-order valence-electron chi connectivity index (χ1n) is 21.2. The number of benzene rings is 5. The van der Waals surface area contributed by atoms with Crippen LogP contribution in [0.15, 0.2) is 115 Å². The van der Waals surface area contributed by atoms with Crippen LogP contribution in [-0.4, -0.2) is 41.3 Å². The number of ether oxygens (including phenoxy) is 2. The molecule has 4 aliphatic carbocycles. The quantitative estimate of drug-likeness (QED) is 0.125. The summed E-state index contributed by atoms with van der Waals surface area (Å²) in [5.74, 6) is 2.44. The van der Waals surface area contributed by atoms with Crippen LogP contribution in [-0.2, 0) is 22.6 Å². The number of nitrogens with one attached hydrogen (secondary N) is 2. The Labute approximate surface area is 337 Å². The lowest BCUT2D eigenvalue weighted by Gasteiger charge is -2.56. The van der Waals surface area contributed by atoms with E-state index in [1.807, 2.05) is 12.1 Å². The first-order valence-corrected chi connectivity index (χ1v) is 21.2. The second-order valence-electron chi connectivity index (χ2n) is 17.9. The molecular formula is C50H57N3O4. The van der Waals surface area contributed by atoms with E-state index in [0.29, 0.717) is 6.54 Å². The first kappa shape index (κ1) is 38.0. The molecular weight excluding hydrogens is 707 g/mol. The minimum absolute atomic E-state index is 0.00599. The number of hydrogen-bond acceptors (Lipinski definition) is 5. The third kappa shape index (κ3) is 8.13. The molecule has 7 nitrogen and oxygen atoms in total. The van der Waals surface area contributed by atoms with Gasteiger partial charge in [0.1, 0.15) is 0 Å². The molecule has 5 aromatic carbocycles. The molecule has 4 saturated carbocycles. The topological polar surface area (TPSA) is 83.1 Å². The van der Waals surface area contributed by atoms with Crippen molar-refractivity contribution in [3.05, 3.63) is 143 Å². The zero-order valence-electron chi connectivity index (χ0n) is 33.6. The molecule has 1 saturated heterocycles. The molecule has 0 unspecified atom stereocenters. The SMILES string of the molecule is C[C@H]1[C@@H](CN(C)[C@H](C)c2ccc3ccccc3c2)O[C@@H](c2cccc(-c3cccc(CNC(=O)NC45CC6CC(CC(C6)C4)C5)c3)c2)O[C@H]1c1ccc(CO)cc1. The fourth-order valence-corrected chi connectivity index (χ4v) is 10.9. The fourth-order valence-electron chi connectivity index (χ4n) is 10.9. The van der Waals surface area contributed by atoms with E-state index < -0.39 is 6.29 Å². The summed E-state index contributed by atoms with van der Waals surface area (Å²) in [4.78, 5) is 15.6. The smallest absolute Gasteiger partial charge is 0.315 e. The Kier molecular flexibility index (Phi) is 10.7. The van der Waals surface area contributed by atoms with Crippen LogP contribution in [0, 0.1) is 23.7 Å². The number of nitrogens with zero attached hydrogens (tertiary/aromatic N) is 1. The average molecular weight is 764 g/mol. The highest BCUT2D eigenvalue weighted by atomic mass is 16.7. The minimum atomic E-state index is -0.573. The Morgan fingerprint density at radius 3 is 2.18 bits per heavy atom. The van der Waals surface area contributed by atoms with E-state index in [-0.39, 0.29) is 42.3 Å². The highest BCUT2D eigenvalue weighted by Gasteiger charge is 2.51. The fraction of sp³-hybridized carbons (Fsp3) is 0.420. The van der Waals surface area contributed by atoms with Gasteiger partial charge in [0.2, 0.25) is 0 Å². The molecule has 296 valence electrons. The van der Waals surface area contributed by atoms with Gasteiger partial charge in [-0.25, -0.2) is 4.79 Å². The minimum Gasteiger partial charge on any atom is -0.392 e. The van der Waals surface area contributed by atoms with Gasteiger partial charge < -0.3 is 25.2 Å². The maximum absolute atomic E-state index is 13.2. The molecule has 0 spiro atoms. The maximum atomic E-state index is 13.2. The van der Waals surface area contributed by atoms with Gasteiger partial charge in [0.05, 0.1) is 18.8 Å². The van der Waals surface area contributed by atoms with Crippen molar-refractivity contribution >= 4 is 16.8 Å². The summed E-state index contributed by atoms with van der Waals surface area (Å²) >= 11 is 0. The molecule has 57 heavy (non-hydrogen) atoms. The van der Waals surface area contributed by atoms with Gasteiger partial charge in [0.15, 0.2) is 6.29 Å². The van der Waals surface area contributed by atoms with Crippen LogP contribution in [0.3, 0.4) is 0 Å². The molecule has 1 aliphatic heterocycles. The van der Waals surface area contributed by atoms with Crippen molar-refractivity contribution < 1.29 is 19.4 Å². The van der Waals surface area contributed by atoms with Gasteiger partial charge in [0, 0.05) is 36.2 Å². The number of likely N-dealkylation sites (N-methyl/N-ethyl adjacent to an activating group) is 1. The molecule has 5 aliphatic rings. The number of carbonyl (C=O) groups excluding carboxylic acids is 1. The number of carbonyl (C=O) groups is 1. The molecule has 7 heteroatoms. The van der Waals surface area contributed by atoms with Crippen molar-refractivity contribution in [2.24, 2.45) is 23.7 Å². The Bertz CT molecular complexity index is 2170. The number of aliphatic hydroxyl groups is 1.